The summed E-state index contributed by atoms with van der Waals surface area (Å²) < 4.78 is 53.6. The monoisotopic (exact) mass is 746 g/mol. The van der Waals surface area contributed by atoms with Gasteiger partial charge in [0.15, 0.2) is 12.4 Å². The van der Waals surface area contributed by atoms with E-state index >= 15 is 0 Å². The van der Waals surface area contributed by atoms with Crippen LogP contribution in [-0.4, -0.2) is 96.0 Å². The third-order valence-electron chi connectivity index (χ3n) is 8.46. The minimum absolute atomic E-state index is 0.0557. The first kappa shape index (κ1) is 46.9. The topological polar surface area (TPSA) is 186 Å². The lowest BCUT2D eigenvalue weighted by Crippen LogP contribution is -2.60. The fourth-order valence-electron chi connectivity index (χ4n) is 5.41. The van der Waals surface area contributed by atoms with Crippen molar-refractivity contribution in [2.75, 3.05) is 19.0 Å². The van der Waals surface area contributed by atoms with E-state index in [1.165, 1.54) is 51.4 Å². The smallest absolute Gasteiger partial charge is 0.306 e. The van der Waals surface area contributed by atoms with Gasteiger partial charge in [0.25, 0.3) is 10.1 Å². The van der Waals surface area contributed by atoms with Crippen molar-refractivity contribution < 1.29 is 56.8 Å². The Morgan fingerprint density at radius 3 is 1.88 bits per heavy atom. The molecule has 0 aliphatic carbocycles. The maximum absolute atomic E-state index is 12.7. The second-order valence-corrected chi connectivity index (χ2v) is 14.7. The van der Waals surface area contributed by atoms with Crippen molar-refractivity contribution >= 4 is 22.1 Å². The van der Waals surface area contributed by atoms with Gasteiger partial charge in [0.1, 0.15) is 36.8 Å². The van der Waals surface area contributed by atoms with Crippen molar-refractivity contribution in [3.05, 3.63) is 36.5 Å². The molecule has 1 saturated heterocycles. The van der Waals surface area contributed by atoms with Crippen LogP contribution in [0.3, 0.4) is 0 Å². The second kappa shape index (κ2) is 29.3. The highest BCUT2D eigenvalue weighted by molar-refractivity contribution is 7.85. The van der Waals surface area contributed by atoms with E-state index in [9.17, 15) is 37.9 Å². The normalized spacial score (nSPS) is 21.9. The van der Waals surface area contributed by atoms with Crippen LogP contribution >= 0.6 is 0 Å². The van der Waals surface area contributed by atoms with E-state index in [1.54, 1.807) is 0 Å². The zero-order chi connectivity index (χ0) is 37.7. The molecule has 13 heteroatoms. The molecule has 6 atom stereocenters. The van der Waals surface area contributed by atoms with Crippen LogP contribution in [0, 0.1) is 0 Å². The van der Waals surface area contributed by atoms with E-state index in [4.69, 9.17) is 18.9 Å². The van der Waals surface area contributed by atoms with E-state index in [2.05, 4.69) is 38.2 Å². The van der Waals surface area contributed by atoms with Gasteiger partial charge in [-0.2, -0.15) is 8.42 Å². The first-order valence-corrected chi connectivity index (χ1v) is 20.7. The molecule has 51 heavy (non-hydrogen) atoms. The number of esters is 2. The summed E-state index contributed by atoms with van der Waals surface area (Å²) >= 11 is 0. The summed E-state index contributed by atoms with van der Waals surface area (Å²) in [4.78, 5) is 25.1. The first-order chi connectivity index (χ1) is 24.5. The van der Waals surface area contributed by atoms with Gasteiger partial charge >= 0.3 is 11.9 Å². The highest BCUT2D eigenvalue weighted by Gasteiger charge is 2.46. The SMILES string of the molecule is CCCC/C=C/CCCCCCC(=O)OCC(CO[C@H]1O[C@H](CS(=O)(=O)O)[C@@H](O)C(O)C1O)OC(=O)CC/C=C/C/C=C/CCCCCCCC. The van der Waals surface area contributed by atoms with Crippen molar-refractivity contribution in [2.24, 2.45) is 0 Å². The zero-order valence-electron chi connectivity index (χ0n) is 30.9. The maximum atomic E-state index is 12.7. The molecule has 0 aromatic heterocycles. The minimum atomic E-state index is -4.60. The summed E-state index contributed by atoms with van der Waals surface area (Å²) in [5.74, 6) is -2.09. The van der Waals surface area contributed by atoms with E-state index < -0.39 is 71.2 Å². The summed E-state index contributed by atoms with van der Waals surface area (Å²) in [7, 11) is -4.60. The lowest BCUT2D eigenvalue weighted by molar-refractivity contribution is -0.297. The molecule has 0 radical (unpaired) electrons. The van der Waals surface area contributed by atoms with Gasteiger partial charge in [-0.05, 0) is 51.4 Å². The molecule has 3 unspecified atom stereocenters. The fraction of sp³-hybridized carbons (Fsp3) is 0.789. The Bertz CT molecular complexity index is 1110. The van der Waals surface area contributed by atoms with Crippen molar-refractivity contribution in [1.29, 1.82) is 0 Å². The third-order valence-corrected chi connectivity index (χ3v) is 9.21. The molecule has 0 aromatic carbocycles. The number of unbranched alkanes of at least 4 members (excludes halogenated alkanes) is 12. The van der Waals surface area contributed by atoms with Gasteiger partial charge in [0.2, 0.25) is 0 Å². The molecule has 1 aliphatic rings. The van der Waals surface area contributed by atoms with Crippen molar-refractivity contribution in [2.45, 2.75) is 173 Å². The number of carbonyl (C=O) groups is 2. The third kappa shape index (κ3) is 24.7. The Labute approximate surface area is 306 Å². The molecular weight excluding hydrogens is 680 g/mol. The van der Waals surface area contributed by atoms with Crippen LogP contribution in [0.5, 0.6) is 0 Å². The maximum Gasteiger partial charge on any atom is 0.306 e. The molecule has 0 bridgehead atoms. The standard InChI is InChI=1S/C38H66O12S/c1-3-5-7-9-11-13-15-16-17-19-21-23-25-27-34(40)49-31(28-47-33(39)26-24-22-20-18-14-12-10-8-6-4-2)29-48-38-37(43)36(42)35(41)32(50-38)30-51(44,45)46/h10,12,16-17,21,23,31-32,35-38,41-43H,3-9,11,13-15,18-20,22,24-30H2,1-2H3,(H,44,45,46)/b12-10+,17-16+,23-21+/t31?,32-,35-,36?,37?,38+/m1/s1. The van der Waals surface area contributed by atoms with Crippen LogP contribution < -0.4 is 0 Å². The number of rotatable bonds is 30. The molecule has 1 fully saturated rings. The van der Waals surface area contributed by atoms with Crippen LogP contribution in [0.15, 0.2) is 36.5 Å². The van der Waals surface area contributed by atoms with E-state index in [0.29, 0.717) is 12.8 Å². The predicted molar refractivity (Wildman–Crippen MR) is 196 cm³/mol. The summed E-state index contributed by atoms with van der Waals surface area (Å²) in [5.41, 5.74) is 0. The summed E-state index contributed by atoms with van der Waals surface area (Å²) in [6.45, 7) is 3.60. The van der Waals surface area contributed by atoms with Gasteiger partial charge in [0, 0.05) is 12.8 Å². The molecule has 4 N–H and O–H groups in total. The highest BCUT2D eigenvalue weighted by atomic mass is 32.2. The number of hydrogen-bond donors (Lipinski definition) is 4. The fourth-order valence-corrected chi connectivity index (χ4v) is 6.10. The Balaban J connectivity index is 2.59. The molecular formula is C38H66O12S. The van der Waals surface area contributed by atoms with Gasteiger partial charge in [-0.3, -0.25) is 14.1 Å². The summed E-state index contributed by atoms with van der Waals surface area (Å²) in [6, 6.07) is 0. The van der Waals surface area contributed by atoms with E-state index in [1.807, 2.05) is 12.2 Å². The lowest BCUT2D eigenvalue weighted by atomic mass is 10.00. The number of hydrogen-bond acceptors (Lipinski definition) is 11. The number of ether oxygens (including phenoxy) is 4. The lowest BCUT2D eigenvalue weighted by Gasteiger charge is -2.40. The minimum Gasteiger partial charge on any atom is -0.462 e. The summed E-state index contributed by atoms with van der Waals surface area (Å²) in [5, 5.41) is 30.7. The van der Waals surface area contributed by atoms with Crippen LogP contribution in [0.2, 0.25) is 0 Å². The molecule has 1 heterocycles. The Hall–Kier alpha value is -2.13. The molecule has 0 saturated carbocycles. The zero-order valence-corrected chi connectivity index (χ0v) is 31.8. The predicted octanol–water partition coefficient (Wildman–Crippen LogP) is 6.27. The Kier molecular flexibility index (Phi) is 27.0. The molecule has 1 rings (SSSR count). The quantitative estimate of drug-likeness (QED) is 0.0280. The Morgan fingerprint density at radius 2 is 1.24 bits per heavy atom. The van der Waals surface area contributed by atoms with Crippen LogP contribution in [0.4, 0.5) is 0 Å². The first-order valence-electron chi connectivity index (χ1n) is 19.0. The molecule has 1 aliphatic heterocycles. The van der Waals surface area contributed by atoms with Crippen molar-refractivity contribution in [1.82, 2.24) is 0 Å². The number of allylic oxidation sites excluding steroid dienone is 6. The van der Waals surface area contributed by atoms with Crippen molar-refractivity contribution in [3.8, 4) is 0 Å². The van der Waals surface area contributed by atoms with Crippen LogP contribution in [0.25, 0.3) is 0 Å². The average molecular weight is 747 g/mol. The van der Waals surface area contributed by atoms with E-state index in [-0.39, 0.29) is 19.4 Å². The Morgan fingerprint density at radius 1 is 0.667 bits per heavy atom. The molecule has 0 spiro atoms. The number of aliphatic hydroxyl groups is 3. The van der Waals surface area contributed by atoms with Crippen molar-refractivity contribution in [3.63, 3.8) is 0 Å². The van der Waals surface area contributed by atoms with Gasteiger partial charge < -0.3 is 34.3 Å². The molecule has 0 aromatic rings. The largest absolute Gasteiger partial charge is 0.462 e. The van der Waals surface area contributed by atoms with Gasteiger partial charge in [-0.15, -0.1) is 0 Å². The highest BCUT2D eigenvalue weighted by Crippen LogP contribution is 2.23. The molecule has 0 amide bonds. The number of carbonyl (C=O) groups excluding carboxylic acids is 2. The number of aliphatic hydroxyl groups excluding tert-OH is 3. The molecule has 12 nitrogen and oxygen atoms in total. The van der Waals surface area contributed by atoms with Gasteiger partial charge in [-0.25, -0.2) is 0 Å². The van der Waals surface area contributed by atoms with Gasteiger partial charge in [0.05, 0.1) is 6.61 Å². The average Bonchev–Trinajstić information content (AvgIpc) is 3.09. The van der Waals surface area contributed by atoms with Crippen LogP contribution in [-0.2, 0) is 38.7 Å². The van der Waals surface area contributed by atoms with E-state index in [0.717, 1.165) is 44.9 Å². The second-order valence-electron chi connectivity index (χ2n) is 13.2. The van der Waals surface area contributed by atoms with Crippen LogP contribution in [0.1, 0.15) is 136 Å². The summed E-state index contributed by atoms with van der Waals surface area (Å²) in [6.07, 6.45) is 20.9. The molecule has 296 valence electrons. The van der Waals surface area contributed by atoms with Gasteiger partial charge in [-0.1, -0.05) is 108 Å².